The molecule has 0 bridgehead atoms. The van der Waals surface area contributed by atoms with Crippen molar-refractivity contribution >= 4 is 46.3 Å². The number of aromatic nitrogens is 1. The first-order chi connectivity index (χ1) is 23.4. The molecule has 264 valence electrons. The van der Waals surface area contributed by atoms with Crippen LogP contribution in [0.3, 0.4) is 0 Å². The Morgan fingerprint density at radius 3 is 2.00 bits per heavy atom. The van der Waals surface area contributed by atoms with Crippen LogP contribution in [0, 0.1) is 0 Å². The van der Waals surface area contributed by atoms with Crippen LogP contribution in [0.2, 0.25) is 0 Å². The molecule has 0 radical (unpaired) electrons. The zero-order chi connectivity index (χ0) is 35.9. The van der Waals surface area contributed by atoms with Crippen molar-refractivity contribution in [3.05, 3.63) is 71.9 Å². The first-order valence-corrected chi connectivity index (χ1v) is 16.2. The molecule has 0 aliphatic rings. The van der Waals surface area contributed by atoms with Gasteiger partial charge in [-0.1, -0.05) is 48.5 Å². The molecule has 2 aromatic carbocycles. The average molecular weight is 678 g/mol. The molecule has 0 aliphatic carbocycles. The minimum absolute atomic E-state index is 0.0371. The molecule has 0 fully saturated rings. The first-order valence-electron chi connectivity index (χ1n) is 16.2. The van der Waals surface area contributed by atoms with E-state index in [1.54, 1.807) is 30.5 Å². The summed E-state index contributed by atoms with van der Waals surface area (Å²) in [5.41, 5.74) is 19.0. The van der Waals surface area contributed by atoms with Gasteiger partial charge >= 0.3 is 0 Å². The monoisotopic (exact) mass is 677 g/mol. The van der Waals surface area contributed by atoms with Gasteiger partial charge in [0.1, 0.15) is 24.2 Å². The zero-order valence-electron chi connectivity index (χ0n) is 27.8. The van der Waals surface area contributed by atoms with Gasteiger partial charge in [-0.25, -0.2) is 0 Å². The molecule has 1 heterocycles. The Balaban J connectivity index is 1.84. The molecule has 1 aromatic heterocycles. The van der Waals surface area contributed by atoms with Crippen LogP contribution in [0.15, 0.2) is 60.8 Å². The number of carbonyl (C=O) groups excluding carboxylic acids is 6. The largest absolute Gasteiger partial charge is 0.368 e. The van der Waals surface area contributed by atoms with E-state index in [1.165, 1.54) is 13.8 Å². The number of benzene rings is 2. The standard InChI is InChI=1S/C34H47N9O6/c1-20(36)31(46)39-19-29(44)40-21(2)32(47)42-28(17-23-18-38-25-13-7-6-12-24(23)25)34(49)43-27(16-22-10-4-3-5-11-22)33(48)41-26(30(37)45)14-8-9-15-35/h3-7,10-13,18,20-21,26-28,38H,8-9,14-17,19,35-36H2,1-2H3,(H2,37,45)(H,39,46)(H,40,44)(H,41,48)(H,42,47)(H,43,49)/t20-,21-,26+,27-,28+/m1/s1. The molecular formula is C34H47N9O6. The lowest BCUT2D eigenvalue weighted by atomic mass is 10.0. The van der Waals surface area contributed by atoms with Crippen LogP contribution in [-0.2, 0) is 41.6 Å². The summed E-state index contributed by atoms with van der Waals surface area (Å²) in [6.07, 6.45) is 3.33. The second-order valence-electron chi connectivity index (χ2n) is 11.9. The van der Waals surface area contributed by atoms with Crippen molar-refractivity contribution in [1.29, 1.82) is 0 Å². The van der Waals surface area contributed by atoms with Gasteiger partial charge in [-0.3, -0.25) is 28.8 Å². The zero-order valence-corrected chi connectivity index (χ0v) is 27.8. The summed E-state index contributed by atoms with van der Waals surface area (Å²) in [4.78, 5) is 80.4. The highest BCUT2D eigenvalue weighted by Gasteiger charge is 2.31. The number of nitrogens with two attached hydrogens (primary N) is 3. The highest BCUT2D eigenvalue weighted by atomic mass is 16.2. The third-order valence-electron chi connectivity index (χ3n) is 7.86. The van der Waals surface area contributed by atoms with E-state index in [-0.39, 0.29) is 19.3 Å². The van der Waals surface area contributed by atoms with Crippen LogP contribution in [0.1, 0.15) is 44.2 Å². The molecule has 0 unspecified atom stereocenters. The Morgan fingerprint density at radius 2 is 1.35 bits per heavy atom. The van der Waals surface area contributed by atoms with Crippen LogP contribution >= 0.6 is 0 Å². The third-order valence-corrected chi connectivity index (χ3v) is 7.86. The van der Waals surface area contributed by atoms with Gasteiger partial charge in [0.25, 0.3) is 0 Å². The molecular weight excluding hydrogens is 630 g/mol. The van der Waals surface area contributed by atoms with Crippen molar-refractivity contribution in [2.45, 2.75) is 76.2 Å². The summed E-state index contributed by atoms with van der Waals surface area (Å²) < 4.78 is 0. The van der Waals surface area contributed by atoms with E-state index >= 15 is 0 Å². The lowest BCUT2D eigenvalue weighted by Gasteiger charge is -2.26. The maximum Gasteiger partial charge on any atom is 0.243 e. The SMILES string of the molecule is C[C@@H](N)C(=O)NCC(=O)N[C@H](C)C(=O)N[C@@H](Cc1c[nH]c2ccccc12)C(=O)N[C@H](Cc1ccccc1)C(=O)N[C@@H](CCCCN)C(N)=O. The average Bonchev–Trinajstić information content (AvgIpc) is 3.48. The maximum atomic E-state index is 14.0. The normalized spacial score (nSPS) is 14.0. The van der Waals surface area contributed by atoms with Crippen molar-refractivity contribution in [2.75, 3.05) is 13.1 Å². The Hall–Kier alpha value is -5.28. The molecule has 5 atom stereocenters. The molecule has 0 saturated carbocycles. The molecule has 3 aromatic rings. The predicted molar refractivity (Wildman–Crippen MR) is 184 cm³/mol. The van der Waals surface area contributed by atoms with E-state index < -0.39 is 72.2 Å². The fourth-order valence-electron chi connectivity index (χ4n) is 5.09. The molecule has 6 amide bonds. The number of aromatic amines is 1. The van der Waals surface area contributed by atoms with Crippen LogP contribution in [0.25, 0.3) is 10.9 Å². The van der Waals surface area contributed by atoms with Gasteiger partial charge in [0.05, 0.1) is 12.6 Å². The molecule has 49 heavy (non-hydrogen) atoms. The van der Waals surface area contributed by atoms with Gasteiger partial charge in [-0.05, 0) is 56.8 Å². The topological polar surface area (TPSA) is 256 Å². The van der Waals surface area contributed by atoms with Crippen molar-refractivity contribution in [3.63, 3.8) is 0 Å². The smallest absolute Gasteiger partial charge is 0.243 e. The number of rotatable bonds is 19. The van der Waals surface area contributed by atoms with Gasteiger partial charge in [-0.15, -0.1) is 0 Å². The van der Waals surface area contributed by atoms with Crippen molar-refractivity contribution in [1.82, 2.24) is 31.6 Å². The molecule has 15 heteroatoms. The van der Waals surface area contributed by atoms with Crippen LogP contribution in [0.5, 0.6) is 0 Å². The molecule has 3 rings (SSSR count). The van der Waals surface area contributed by atoms with E-state index in [4.69, 9.17) is 17.2 Å². The fraction of sp³-hybridized carbons (Fsp3) is 0.412. The number of hydrogen-bond donors (Lipinski definition) is 9. The van der Waals surface area contributed by atoms with Gasteiger partial charge in [0.2, 0.25) is 35.4 Å². The fourth-order valence-corrected chi connectivity index (χ4v) is 5.09. The molecule has 15 nitrogen and oxygen atoms in total. The van der Waals surface area contributed by atoms with E-state index in [9.17, 15) is 28.8 Å². The summed E-state index contributed by atoms with van der Waals surface area (Å²) in [6.45, 7) is 2.92. The second kappa shape index (κ2) is 18.9. The summed E-state index contributed by atoms with van der Waals surface area (Å²) >= 11 is 0. The number of H-pyrrole nitrogens is 1. The van der Waals surface area contributed by atoms with Gasteiger partial charge in [0.15, 0.2) is 0 Å². The highest BCUT2D eigenvalue weighted by Crippen LogP contribution is 2.19. The predicted octanol–water partition coefficient (Wildman–Crippen LogP) is -1.01. The minimum Gasteiger partial charge on any atom is -0.368 e. The highest BCUT2D eigenvalue weighted by molar-refractivity contribution is 5.96. The summed E-state index contributed by atoms with van der Waals surface area (Å²) in [7, 11) is 0. The lowest BCUT2D eigenvalue weighted by molar-refractivity contribution is -0.134. The number of amides is 6. The number of fused-ring (bicyclic) bond motifs is 1. The van der Waals surface area contributed by atoms with Crippen LogP contribution in [-0.4, -0.2) is 83.7 Å². The molecule has 12 N–H and O–H groups in total. The summed E-state index contributed by atoms with van der Waals surface area (Å²) in [5.74, 6) is -3.85. The van der Waals surface area contributed by atoms with E-state index in [0.29, 0.717) is 19.4 Å². The Kier molecular flexibility index (Phi) is 14.7. The van der Waals surface area contributed by atoms with Crippen LogP contribution in [0.4, 0.5) is 0 Å². The van der Waals surface area contributed by atoms with E-state index in [0.717, 1.165) is 22.0 Å². The van der Waals surface area contributed by atoms with Gasteiger partial charge in [-0.2, -0.15) is 0 Å². The number of nitrogens with one attached hydrogen (secondary N) is 6. The molecule has 0 spiro atoms. The van der Waals surface area contributed by atoms with Crippen molar-refractivity contribution < 1.29 is 28.8 Å². The lowest BCUT2D eigenvalue weighted by Crippen LogP contribution is -2.59. The minimum atomic E-state index is -1.19. The second-order valence-corrected chi connectivity index (χ2v) is 11.9. The summed E-state index contributed by atoms with van der Waals surface area (Å²) in [5, 5.41) is 13.8. The quantitative estimate of drug-likeness (QED) is 0.0709. The van der Waals surface area contributed by atoms with E-state index in [2.05, 4.69) is 31.6 Å². The number of para-hydroxylation sites is 1. The van der Waals surface area contributed by atoms with Gasteiger partial charge in [0, 0.05) is 29.9 Å². The molecule has 0 aliphatic heterocycles. The van der Waals surface area contributed by atoms with Crippen molar-refractivity contribution in [2.24, 2.45) is 17.2 Å². The number of primary amides is 1. The number of hydrogen-bond acceptors (Lipinski definition) is 8. The van der Waals surface area contributed by atoms with Crippen molar-refractivity contribution in [3.8, 4) is 0 Å². The number of unbranched alkanes of at least 4 members (excludes halogenated alkanes) is 1. The summed E-state index contributed by atoms with van der Waals surface area (Å²) in [6, 6.07) is 11.2. The van der Waals surface area contributed by atoms with Crippen LogP contribution < -0.4 is 43.8 Å². The Morgan fingerprint density at radius 1 is 0.735 bits per heavy atom. The number of carbonyl (C=O) groups is 6. The maximum absolute atomic E-state index is 14.0. The Labute approximate surface area is 284 Å². The third kappa shape index (κ3) is 12.0. The Bertz CT molecular complexity index is 1590. The molecule has 0 saturated heterocycles. The van der Waals surface area contributed by atoms with E-state index in [1.807, 2.05) is 30.3 Å². The first kappa shape index (κ1) is 38.2. The van der Waals surface area contributed by atoms with Gasteiger partial charge < -0.3 is 48.8 Å².